The number of ketones is 1. The fourth-order valence-electron chi connectivity index (χ4n) is 2.72. The molecule has 0 atom stereocenters. The summed E-state index contributed by atoms with van der Waals surface area (Å²) in [5.74, 6) is 0.256. The van der Waals surface area contributed by atoms with Crippen LogP contribution in [0.25, 0.3) is 5.57 Å². The highest BCUT2D eigenvalue weighted by atomic mass is 16.1. The second kappa shape index (κ2) is 4.63. The van der Waals surface area contributed by atoms with Crippen molar-refractivity contribution in [2.24, 2.45) is 5.41 Å². The minimum absolute atomic E-state index is 0.0872. The van der Waals surface area contributed by atoms with Gasteiger partial charge in [-0.05, 0) is 40.0 Å². The van der Waals surface area contributed by atoms with Crippen molar-refractivity contribution in [3.63, 3.8) is 0 Å². The Balaban J connectivity index is 2.30. The van der Waals surface area contributed by atoms with Gasteiger partial charge in [-0.1, -0.05) is 58.9 Å². The SMILES string of the molecule is CC1(C)CC(=O)C=C(c2ccc(C(C)(C)C)cc2)C1. The quantitative estimate of drug-likeness (QED) is 0.708. The normalized spacial score (nSPS) is 19.2. The average Bonchev–Trinajstić information content (AvgIpc) is 2.25. The van der Waals surface area contributed by atoms with Gasteiger partial charge >= 0.3 is 0 Å². The molecule has 1 aliphatic carbocycles. The van der Waals surface area contributed by atoms with Crippen LogP contribution in [-0.4, -0.2) is 5.78 Å². The van der Waals surface area contributed by atoms with E-state index in [1.165, 1.54) is 16.7 Å². The lowest BCUT2D eigenvalue weighted by molar-refractivity contribution is -0.116. The molecule has 1 aliphatic rings. The highest BCUT2D eigenvalue weighted by Crippen LogP contribution is 2.38. The summed E-state index contributed by atoms with van der Waals surface area (Å²) in [6, 6.07) is 8.67. The van der Waals surface area contributed by atoms with Gasteiger partial charge < -0.3 is 0 Å². The van der Waals surface area contributed by atoms with Crippen molar-refractivity contribution in [1.82, 2.24) is 0 Å². The third-order valence-electron chi connectivity index (χ3n) is 3.78. The summed E-state index contributed by atoms with van der Waals surface area (Å²) < 4.78 is 0. The molecule has 19 heavy (non-hydrogen) atoms. The van der Waals surface area contributed by atoms with E-state index in [0.717, 1.165) is 6.42 Å². The standard InChI is InChI=1S/C18H24O/c1-17(2,3)15-8-6-13(7-9-15)14-10-16(19)12-18(4,5)11-14/h6-10H,11-12H2,1-5H3. The molecule has 0 unspecified atom stereocenters. The maximum absolute atomic E-state index is 11.8. The topological polar surface area (TPSA) is 17.1 Å². The van der Waals surface area contributed by atoms with E-state index in [0.29, 0.717) is 6.42 Å². The molecule has 0 saturated carbocycles. The third-order valence-corrected chi connectivity index (χ3v) is 3.78. The minimum Gasteiger partial charge on any atom is -0.295 e. The number of rotatable bonds is 1. The van der Waals surface area contributed by atoms with Gasteiger partial charge in [-0.15, -0.1) is 0 Å². The van der Waals surface area contributed by atoms with Gasteiger partial charge in [0, 0.05) is 6.42 Å². The van der Waals surface area contributed by atoms with Crippen molar-refractivity contribution in [3.8, 4) is 0 Å². The molecule has 1 heteroatoms. The average molecular weight is 256 g/mol. The molecule has 0 bridgehead atoms. The first kappa shape index (κ1) is 14.0. The Bertz CT molecular complexity index is 510. The van der Waals surface area contributed by atoms with Crippen LogP contribution in [0.4, 0.5) is 0 Å². The van der Waals surface area contributed by atoms with E-state index in [1.807, 2.05) is 6.08 Å². The maximum atomic E-state index is 11.8. The predicted octanol–water partition coefficient (Wildman–Crippen LogP) is 4.76. The Labute approximate surface area is 116 Å². The second-order valence-electron chi connectivity index (χ2n) is 7.48. The molecule has 0 heterocycles. The summed E-state index contributed by atoms with van der Waals surface area (Å²) in [7, 11) is 0. The van der Waals surface area contributed by atoms with Crippen LogP contribution in [0.2, 0.25) is 0 Å². The molecule has 0 amide bonds. The van der Waals surface area contributed by atoms with Gasteiger partial charge in [-0.3, -0.25) is 4.79 Å². The van der Waals surface area contributed by atoms with Crippen LogP contribution < -0.4 is 0 Å². The summed E-state index contributed by atoms with van der Waals surface area (Å²) in [6.07, 6.45) is 3.47. The zero-order valence-corrected chi connectivity index (χ0v) is 12.7. The molecule has 1 aromatic rings. The van der Waals surface area contributed by atoms with Crippen molar-refractivity contribution in [1.29, 1.82) is 0 Å². The third kappa shape index (κ3) is 3.34. The minimum atomic E-state index is 0.0872. The highest BCUT2D eigenvalue weighted by Gasteiger charge is 2.28. The van der Waals surface area contributed by atoms with Crippen LogP contribution in [0.15, 0.2) is 30.3 Å². The molecule has 102 valence electrons. The van der Waals surface area contributed by atoms with Gasteiger partial charge in [0.05, 0.1) is 0 Å². The zero-order valence-electron chi connectivity index (χ0n) is 12.7. The smallest absolute Gasteiger partial charge is 0.156 e. The Morgan fingerprint density at radius 3 is 2.05 bits per heavy atom. The lowest BCUT2D eigenvalue weighted by Crippen LogP contribution is -2.21. The van der Waals surface area contributed by atoms with Crippen molar-refractivity contribution in [2.75, 3.05) is 0 Å². The molecule has 0 spiro atoms. The number of carbonyl (C=O) groups excluding carboxylic acids is 1. The van der Waals surface area contributed by atoms with Crippen LogP contribution in [0, 0.1) is 5.41 Å². The molecule has 0 aromatic heterocycles. The fourth-order valence-corrected chi connectivity index (χ4v) is 2.72. The molecule has 2 rings (SSSR count). The first-order valence-corrected chi connectivity index (χ1v) is 7.02. The summed E-state index contributed by atoms with van der Waals surface area (Å²) in [5.41, 5.74) is 3.97. The van der Waals surface area contributed by atoms with Gasteiger partial charge in [-0.25, -0.2) is 0 Å². The van der Waals surface area contributed by atoms with Crippen molar-refractivity contribution in [2.45, 2.75) is 52.9 Å². The van der Waals surface area contributed by atoms with Crippen LogP contribution in [-0.2, 0) is 10.2 Å². The van der Waals surface area contributed by atoms with Crippen molar-refractivity contribution >= 4 is 11.4 Å². The number of benzene rings is 1. The lowest BCUT2D eigenvalue weighted by Gasteiger charge is -2.29. The maximum Gasteiger partial charge on any atom is 0.156 e. The van der Waals surface area contributed by atoms with Crippen molar-refractivity contribution < 1.29 is 4.79 Å². The summed E-state index contributed by atoms with van der Waals surface area (Å²) in [5, 5.41) is 0. The number of allylic oxidation sites excluding steroid dienone is 2. The number of carbonyl (C=O) groups is 1. The molecule has 0 aliphatic heterocycles. The molecule has 0 fully saturated rings. The van der Waals surface area contributed by atoms with E-state index in [1.54, 1.807) is 0 Å². The molecule has 1 nitrogen and oxygen atoms in total. The Hall–Kier alpha value is -1.37. The first-order valence-electron chi connectivity index (χ1n) is 7.02. The van der Waals surface area contributed by atoms with E-state index >= 15 is 0 Å². The summed E-state index contributed by atoms with van der Waals surface area (Å²) in [4.78, 5) is 11.8. The highest BCUT2D eigenvalue weighted by molar-refractivity contribution is 5.99. The lowest BCUT2D eigenvalue weighted by atomic mass is 9.75. The molecule has 0 N–H and O–H groups in total. The fraction of sp³-hybridized carbons (Fsp3) is 0.500. The van der Waals surface area contributed by atoms with E-state index < -0.39 is 0 Å². The van der Waals surface area contributed by atoms with Crippen LogP contribution in [0.1, 0.15) is 58.6 Å². The monoisotopic (exact) mass is 256 g/mol. The predicted molar refractivity (Wildman–Crippen MR) is 81.1 cm³/mol. The van der Waals surface area contributed by atoms with E-state index in [4.69, 9.17) is 0 Å². The molecule has 0 radical (unpaired) electrons. The van der Waals surface area contributed by atoms with Crippen LogP contribution in [0.3, 0.4) is 0 Å². The van der Waals surface area contributed by atoms with E-state index in [9.17, 15) is 4.79 Å². The van der Waals surface area contributed by atoms with Gasteiger partial charge in [0.15, 0.2) is 5.78 Å². The number of hydrogen-bond acceptors (Lipinski definition) is 1. The number of hydrogen-bond donors (Lipinski definition) is 0. The molecule has 1 aromatic carbocycles. The zero-order chi connectivity index (χ0) is 14.3. The largest absolute Gasteiger partial charge is 0.295 e. The van der Waals surface area contributed by atoms with Gasteiger partial charge in [0.25, 0.3) is 0 Å². The Kier molecular flexibility index (Phi) is 3.42. The van der Waals surface area contributed by atoms with E-state index in [2.05, 4.69) is 58.9 Å². The van der Waals surface area contributed by atoms with E-state index in [-0.39, 0.29) is 16.6 Å². The summed E-state index contributed by atoms with van der Waals surface area (Å²) >= 11 is 0. The van der Waals surface area contributed by atoms with Gasteiger partial charge in [0.2, 0.25) is 0 Å². The summed E-state index contributed by atoms with van der Waals surface area (Å²) in [6.45, 7) is 11.0. The van der Waals surface area contributed by atoms with Crippen molar-refractivity contribution in [3.05, 3.63) is 41.5 Å². The molecule has 0 saturated heterocycles. The first-order chi connectivity index (χ1) is 8.67. The van der Waals surface area contributed by atoms with Crippen LogP contribution >= 0.6 is 0 Å². The Morgan fingerprint density at radius 1 is 1.00 bits per heavy atom. The van der Waals surface area contributed by atoms with Gasteiger partial charge in [0.1, 0.15) is 0 Å². The Morgan fingerprint density at radius 2 is 1.58 bits per heavy atom. The van der Waals surface area contributed by atoms with Crippen LogP contribution in [0.5, 0.6) is 0 Å². The second-order valence-corrected chi connectivity index (χ2v) is 7.48. The molecular weight excluding hydrogens is 232 g/mol. The molecular formula is C18H24O. The van der Waals surface area contributed by atoms with Gasteiger partial charge in [-0.2, -0.15) is 0 Å².